The highest BCUT2D eigenvalue weighted by molar-refractivity contribution is 5.32. The van der Waals surface area contributed by atoms with E-state index >= 15 is 0 Å². The lowest BCUT2D eigenvalue weighted by molar-refractivity contribution is -0.0787. The second-order valence-electron chi connectivity index (χ2n) is 5.72. The summed E-state index contributed by atoms with van der Waals surface area (Å²) in [6, 6.07) is 17.4. The summed E-state index contributed by atoms with van der Waals surface area (Å²) < 4.78 is 0. The van der Waals surface area contributed by atoms with Gasteiger partial charge in [0.05, 0.1) is 6.10 Å². The van der Waals surface area contributed by atoms with E-state index in [1.165, 1.54) is 0 Å². The first-order chi connectivity index (χ1) is 10.6. The van der Waals surface area contributed by atoms with Gasteiger partial charge in [0.25, 0.3) is 0 Å². The molecule has 0 saturated carbocycles. The zero-order chi connectivity index (χ0) is 16.0. The average Bonchev–Trinajstić information content (AvgIpc) is 2.55. The molecule has 0 aliphatic rings. The molecule has 0 amide bonds. The molecule has 0 aliphatic heterocycles. The Morgan fingerprint density at radius 1 is 1.05 bits per heavy atom. The van der Waals surface area contributed by atoms with Crippen molar-refractivity contribution in [2.75, 3.05) is 13.1 Å². The fraction of sp³-hybridized carbons (Fsp3) is 0.368. The maximum Gasteiger partial charge on any atom is 0.121 e. The summed E-state index contributed by atoms with van der Waals surface area (Å²) >= 11 is 0. The maximum absolute atomic E-state index is 11.3. The van der Waals surface area contributed by atoms with Crippen LogP contribution in [0.25, 0.3) is 0 Å². The molecule has 0 aliphatic carbocycles. The van der Waals surface area contributed by atoms with Gasteiger partial charge < -0.3 is 15.5 Å². The van der Waals surface area contributed by atoms with Gasteiger partial charge in [0.1, 0.15) is 5.60 Å². The molecule has 0 saturated heterocycles. The first kappa shape index (κ1) is 16.7. The topological polar surface area (TPSA) is 52.5 Å². The van der Waals surface area contributed by atoms with E-state index in [4.69, 9.17) is 0 Å². The van der Waals surface area contributed by atoms with Crippen molar-refractivity contribution in [3.63, 3.8) is 0 Å². The van der Waals surface area contributed by atoms with Crippen LogP contribution in [-0.2, 0) is 12.0 Å². The van der Waals surface area contributed by atoms with Gasteiger partial charge in [-0.3, -0.25) is 0 Å². The molecule has 2 aromatic carbocycles. The van der Waals surface area contributed by atoms with Crippen LogP contribution in [0.2, 0.25) is 0 Å². The van der Waals surface area contributed by atoms with Gasteiger partial charge in [-0.1, -0.05) is 61.5 Å². The standard InChI is InChI=1S/C19H25NO2/c1-3-20-14-18(21)19(22,17-11-5-4-6-12-17)13-16-10-8-7-9-15(16)2/h4-12,18,20-22H,3,13-14H2,1-2H3/t18-,19?/m0/s1. The number of hydrogen-bond acceptors (Lipinski definition) is 3. The molecular weight excluding hydrogens is 274 g/mol. The predicted octanol–water partition coefficient (Wildman–Crippen LogP) is 2.40. The largest absolute Gasteiger partial charge is 0.388 e. The molecule has 0 radical (unpaired) electrons. The highest BCUT2D eigenvalue weighted by Crippen LogP contribution is 2.30. The monoisotopic (exact) mass is 299 g/mol. The van der Waals surface area contributed by atoms with Gasteiger partial charge in [0.2, 0.25) is 0 Å². The van der Waals surface area contributed by atoms with Crippen LogP contribution < -0.4 is 5.32 Å². The van der Waals surface area contributed by atoms with E-state index < -0.39 is 11.7 Å². The second kappa shape index (κ2) is 7.54. The summed E-state index contributed by atoms with van der Waals surface area (Å²) in [5, 5.41) is 25.0. The number of aliphatic hydroxyl groups is 2. The molecule has 3 N–H and O–H groups in total. The third kappa shape index (κ3) is 3.74. The summed E-state index contributed by atoms with van der Waals surface area (Å²) in [6.45, 7) is 5.12. The number of aryl methyl sites for hydroxylation is 1. The van der Waals surface area contributed by atoms with Crippen LogP contribution in [0, 0.1) is 6.92 Å². The zero-order valence-electron chi connectivity index (χ0n) is 13.3. The number of rotatable bonds is 7. The lowest BCUT2D eigenvalue weighted by Gasteiger charge is -2.34. The SMILES string of the molecule is CCNC[C@H](O)C(O)(Cc1ccccc1C)c1ccccc1. The molecule has 0 spiro atoms. The van der Waals surface area contributed by atoms with Crippen LogP contribution in [0.4, 0.5) is 0 Å². The first-order valence-electron chi connectivity index (χ1n) is 7.79. The van der Waals surface area contributed by atoms with Crippen LogP contribution >= 0.6 is 0 Å². The van der Waals surface area contributed by atoms with Gasteiger partial charge >= 0.3 is 0 Å². The van der Waals surface area contributed by atoms with Crippen molar-refractivity contribution >= 4 is 0 Å². The van der Waals surface area contributed by atoms with E-state index in [9.17, 15) is 10.2 Å². The van der Waals surface area contributed by atoms with Crippen molar-refractivity contribution in [2.45, 2.75) is 32.0 Å². The quantitative estimate of drug-likeness (QED) is 0.736. The number of likely N-dealkylation sites (N-methyl/N-ethyl adjacent to an activating group) is 1. The molecule has 118 valence electrons. The minimum atomic E-state index is -1.31. The van der Waals surface area contributed by atoms with E-state index in [1.807, 2.05) is 68.4 Å². The minimum Gasteiger partial charge on any atom is -0.388 e. The predicted molar refractivity (Wildman–Crippen MR) is 89.8 cm³/mol. The third-order valence-corrected chi connectivity index (χ3v) is 4.13. The molecular formula is C19H25NO2. The normalized spacial score (nSPS) is 15.3. The Morgan fingerprint density at radius 3 is 2.32 bits per heavy atom. The molecule has 3 nitrogen and oxygen atoms in total. The molecule has 0 fully saturated rings. The molecule has 0 heterocycles. The van der Waals surface area contributed by atoms with Crippen molar-refractivity contribution < 1.29 is 10.2 Å². The first-order valence-corrected chi connectivity index (χ1v) is 7.79. The maximum atomic E-state index is 11.3. The fourth-order valence-corrected chi connectivity index (χ4v) is 2.69. The van der Waals surface area contributed by atoms with E-state index in [-0.39, 0.29) is 0 Å². The van der Waals surface area contributed by atoms with Crippen molar-refractivity contribution in [3.8, 4) is 0 Å². The number of nitrogens with one attached hydrogen (secondary N) is 1. The third-order valence-electron chi connectivity index (χ3n) is 4.13. The van der Waals surface area contributed by atoms with Gasteiger partial charge in [-0.25, -0.2) is 0 Å². The summed E-state index contributed by atoms with van der Waals surface area (Å²) in [7, 11) is 0. The summed E-state index contributed by atoms with van der Waals surface area (Å²) in [5.74, 6) is 0. The minimum absolute atomic E-state index is 0.355. The molecule has 0 bridgehead atoms. The van der Waals surface area contributed by atoms with Gasteiger partial charge in [-0.05, 0) is 30.2 Å². The average molecular weight is 299 g/mol. The lowest BCUT2D eigenvalue weighted by Crippen LogP contribution is -2.47. The zero-order valence-corrected chi connectivity index (χ0v) is 13.3. The Balaban J connectivity index is 2.35. The molecule has 22 heavy (non-hydrogen) atoms. The van der Waals surface area contributed by atoms with E-state index in [2.05, 4.69) is 5.32 Å². The van der Waals surface area contributed by atoms with Crippen molar-refractivity contribution in [1.29, 1.82) is 0 Å². The molecule has 3 heteroatoms. The van der Waals surface area contributed by atoms with Crippen molar-refractivity contribution in [1.82, 2.24) is 5.32 Å². The van der Waals surface area contributed by atoms with Crippen LogP contribution in [-0.4, -0.2) is 29.4 Å². The van der Waals surface area contributed by atoms with Crippen LogP contribution in [0.15, 0.2) is 54.6 Å². The van der Waals surface area contributed by atoms with Crippen LogP contribution in [0.1, 0.15) is 23.6 Å². The molecule has 0 aromatic heterocycles. The number of hydrogen-bond donors (Lipinski definition) is 3. The smallest absolute Gasteiger partial charge is 0.121 e. The highest BCUT2D eigenvalue weighted by atomic mass is 16.3. The Kier molecular flexibility index (Phi) is 5.72. The van der Waals surface area contributed by atoms with Gasteiger partial charge in [0, 0.05) is 13.0 Å². The lowest BCUT2D eigenvalue weighted by atomic mass is 9.81. The van der Waals surface area contributed by atoms with Crippen molar-refractivity contribution in [2.24, 2.45) is 0 Å². The van der Waals surface area contributed by atoms with Crippen LogP contribution in [0.5, 0.6) is 0 Å². The van der Waals surface area contributed by atoms with Gasteiger partial charge in [-0.2, -0.15) is 0 Å². The summed E-state index contributed by atoms with van der Waals surface area (Å²) in [5.41, 5.74) is 1.59. The molecule has 2 aromatic rings. The van der Waals surface area contributed by atoms with E-state index in [0.717, 1.165) is 23.2 Å². The second-order valence-corrected chi connectivity index (χ2v) is 5.72. The molecule has 2 atom stereocenters. The van der Waals surface area contributed by atoms with Gasteiger partial charge in [0.15, 0.2) is 0 Å². The van der Waals surface area contributed by atoms with Crippen molar-refractivity contribution in [3.05, 3.63) is 71.3 Å². The van der Waals surface area contributed by atoms with Gasteiger partial charge in [-0.15, -0.1) is 0 Å². The van der Waals surface area contributed by atoms with E-state index in [0.29, 0.717) is 13.0 Å². The number of benzene rings is 2. The number of aliphatic hydroxyl groups excluding tert-OH is 1. The Hall–Kier alpha value is -1.68. The van der Waals surface area contributed by atoms with E-state index in [1.54, 1.807) is 0 Å². The highest BCUT2D eigenvalue weighted by Gasteiger charge is 2.37. The summed E-state index contributed by atoms with van der Waals surface area (Å²) in [4.78, 5) is 0. The fourth-order valence-electron chi connectivity index (χ4n) is 2.69. The molecule has 2 rings (SSSR count). The Labute approximate surface area is 132 Å². The summed E-state index contributed by atoms with van der Waals surface area (Å²) in [6.07, 6.45) is -0.495. The Bertz CT molecular complexity index is 585. The molecule has 1 unspecified atom stereocenters. The van der Waals surface area contributed by atoms with Crippen LogP contribution in [0.3, 0.4) is 0 Å². The Morgan fingerprint density at radius 2 is 1.68 bits per heavy atom.